The fourth-order valence-electron chi connectivity index (χ4n) is 2.67. The van der Waals surface area contributed by atoms with Gasteiger partial charge in [0, 0.05) is 29.0 Å². The molecule has 0 saturated carbocycles. The maximum atomic E-state index is 11.7. The molecule has 2 aromatic carbocycles. The summed E-state index contributed by atoms with van der Waals surface area (Å²) in [6.45, 7) is 2.64. The van der Waals surface area contributed by atoms with Crippen LogP contribution < -0.4 is 10.6 Å². The molecule has 0 bridgehead atoms. The van der Waals surface area contributed by atoms with Crippen LogP contribution in [0.25, 0.3) is 0 Å². The van der Waals surface area contributed by atoms with Crippen LogP contribution in [0, 0.1) is 6.92 Å². The minimum Gasteiger partial charge on any atom is -0.465 e. The summed E-state index contributed by atoms with van der Waals surface area (Å²) in [5.41, 5.74) is 3.19. The first-order valence-corrected chi connectivity index (χ1v) is 9.21. The van der Waals surface area contributed by atoms with E-state index < -0.39 is 5.97 Å². The number of aryl methyl sites for hydroxylation is 1. The highest BCUT2D eigenvalue weighted by molar-refractivity contribution is 6.30. The average Bonchev–Trinajstić information content (AvgIpc) is 2.68. The Kier molecular flexibility index (Phi) is 6.45. The van der Waals surface area contributed by atoms with E-state index >= 15 is 0 Å². The van der Waals surface area contributed by atoms with E-state index in [1.54, 1.807) is 18.2 Å². The molecule has 0 radical (unpaired) electrons. The van der Waals surface area contributed by atoms with Gasteiger partial charge in [0.15, 0.2) is 0 Å². The Morgan fingerprint density at radius 3 is 2.64 bits per heavy atom. The van der Waals surface area contributed by atoms with Crippen molar-refractivity contribution in [1.29, 1.82) is 0 Å². The Morgan fingerprint density at radius 1 is 1.11 bits per heavy atom. The van der Waals surface area contributed by atoms with Crippen molar-refractivity contribution in [2.75, 3.05) is 24.3 Å². The first-order valence-electron chi connectivity index (χ1n) is 8.83. The number of anilines is 3. The summed E-state index contributed by atoms with van der Waals surface area (Å²) in [7, 11) is 1.36. The minimum atomic E-state index is -0.390. The van der Waals surface area contributed by atoms with Crippen molar-refractivity contribution in [3.8, 4) is 0 Å². The number of rotatable bonds is 7. The number of esters is 1. The molecule has 144 valence electrons. The van der Waals surface area contributed by atoms with E-state index in [2.05, 4.69) is 20.6 Å². The van der Waals surface area contributed by atoms with Crippen LogP contribution in [-0.2, 0) is 11.2 Å². The highest BCUT2D eigenvalue weighted by Crippen LogP contribution is 2.18. The number of aromatic nitrogens is 2. The molecule has 2 N–H and O–H groups in total. The summed E-state index contributed by atoms with van der Waals surface area (Å²) in [5.74, 6) is 0.794. The quantitative estimate of drug-likeness (QED) is 0.567. The molecule has 6 nitrogen and oxygen atoms in total. The molecule has 0 spiro atoms. The summed E-state index contributed by atoms with van der Waals surface area (Å²) in [6.07, 6.45) is 0.851. The van der Waals surface area contributed by atoms with Gasteiger partial charge in [-0.25, -0.2) is 9.78 Å². The summed E-state index contributed by atoms with van der Waals surface area (Å²) in [6, 6.07) is 16.7. The Balaban J connectivity index is 1.66. The van der Waals surface area contributed by atoms with Crippen LogP contribution in [-0.4, -0.2) is 29.6 Å². The maximum Gasteiger partial charge on any atom is 0.337 e. The zero-order valence-electron chi connectivity index (χ0n) is 15.7. The number of ether oxygens (including phenoxy) is 1. The van der Waals surface area contributed by atoms with Gasteiger partial charge in [0.05, 0.1) is 12.7 Å². The van der Waals surface area contributed by atoms with E-state index in [1.165, 1.54) is 12.7 Å². The molecule has 3 aromatic rings. The summed E-state index contributed by atoms with van der Waals surface area (Å²) in [4.78, 5) is 20.6. The zero-order valence-corrected chi connectivity index (χ0v) is 16.5. The first-order chi connectivity index (χ1) is 13.5. The molecule has 0 aliphatic heterocycles. The van der Waals surface area contributed by atoms with E-state index in [4.69, 9.17) is 16.3 Å². The number of methoxy groups -OCH3 is 1. The van der Waals surface area contributed by atoms with Crippen LogP contribution in [0.4, 0.5) is 17.5 Å². The number of benzene rings is 2. The van der Waals surface area contributed by atoms with Crippen LogP contribution in [0.5, 0.6) is 0 Å². The topological polar surface area (TPSA) is 76.1 Å². The van der Waals surface area contributed by atoms with Gasteiger partial charge in [0.2, 0.25) is 5.95 Å². The van der Waals surface area contributed by atoms with Crippen molar-refractivity contribution in [3.63, 3.8) is 0 Å². The molecule has 0 aliphatic carbocycles. The summed E-state index contributed by atoms with van der Waals surface area (Å²) in [5, 5.41) is 7.18. The molecular weight excluding hydrogens is 376 g/mol. The summed E-state index contributed by atoms with van der Waals surface area (Å²) >= 11 is 5.91. The van der Waals surface area contributed by atoms with E-state index in [-0.39, 0.29) is 0 Å². The molecule has 0 fully saturated rings. The van der Waals surface area contributed by atoms with Crippen LogP contribution in [0.3, 0.4) is 0 Å². The van der Waals surface area contributed by atoms with E-state index in [0.29, 0.717) is 17.2 Å². The molecule has 28 heavy (non-hydrogen) atoms. The summed E-state index contributed by atoms with van der Waals surface area (Å²) < 4.78 is 4.75. The predicted molar refractivity (Wildman–Crippen MR) is 111 cm³/mol. The van der Waals surface area contributed by atoms with Crippen molar-refractivity contribution in [2.45, 2.75) is 13.3 Å². The lowest BCUT2D eigenvalue weighted by atomic mass is 10.1. The van der Waals surface area contributed by atoms with Gasteiger partial charge >= 0.3 is 5.97 Å². The molecule has 1 aromatic heterocycles. The van der Waals surface area contributed by atoms with Gasteiger partial charge < -0.3 is 15.4 Å². The average molecular weight is 397 g/mol. The number of halogens is 1. The predicted octanol–water partition coefficient (Wildman–Crippen LogP) is 4.62. The second kappa shape index (κ2) is 9.19. The fraction of sp³-hybridized carbons (Fsp3) is 0.190. The molecular formula is C21H21ClN4O2. The zero-order chi connectivity index (χ0) is 19.9. The minimum absolute atomic E-state index is 0.390. The third kappa shape index (κ3) is 5.44. The molecule has 0 atom stereocenters. The van der Waals surface area contributed by atoms with E-state index in [9.17, 15) is 4.79 Å². The van der Waals surface area contributed by atoms with Crippen LogP contribution >= 0.6 is 11.6 Å². The van der Waals surface area contributed by atoms with Gasteiger partial charge in [0.1, 0.15) is 5.82 Å². The Bertz CT molecular complexity index is 961. The van der Waals surface area contributed by atoms with Crippen molar-refractivity contribution >= 4 is 35.0 Å². The third-order valence-corrected chi connectivity index (χ3v) is 4.28. The Morgan fingerprint density at radius 2 is 1.89 bits per heavy atom. The van der Waals surface area contributed by atoms with Crippen molar-refractivity contribution in [1.82, 2.24) is 9.97 Å². The fourth-order valence-corrected chi connectivity index (χ4v) is 2.80. The van der Waals surface area contributed by atoms with Gasteiger partial charge in [-0.2, -0.15) is 4.98 Å². The number of carbonyl (C=O) groups is 1. The lowest BCUT2D eigenvalue weighted by molar-refractivity contribution is 0.0601. The SMILES string of the molecule is COC(=O)c1cccc(Nc2nc(C)cc(NCCc3ccc(Cl)cc3)n2)c1. The number of hydrogen-bond donors (Lipinski definition) is 2. The van der Waals surface area contributed by atoms with Crippen LogP contribution in [0.15, 0.2) is 54.6 Å². The maximum absolute atomic E-state index is 11.7. The van der Waals surface area contributed by atoms with Gasteiger partial charge in [-0.15, -0.1) is 0 Å². The van der Waals surface area contributed by atoms with Crippen LogP contribution in [0.2, 0.25) is 5.02 Å². The van der Waals surface area contributed by atoms with Gasteiger partial charge in [-0.05, 0) is 49.2 Å². The van der Waals surface area contributed by atoms with Gasteiger partial charge in [-0.1, -0.05) is 29.8 Å². The van der Waals surface area contributed by atoms with Crippen molar-refractivity contribution < 1.29 is 9.53 Å². The van der Waals surface area contributed by atoms with E-state index in [1.807, 2.05) is 43.3 Å². The molecule has 7 heteroatoms. The monoisotopic (exact) mass is 396 g/mol. The number of nitrogens with one attached hydrogen (secondary N) is 2. The molecule has 0 aliphatic rings. The van der Waals surface area contributed by atoms with Crippen molar-refractivity contribution in [3.05, 3.63) is 76.4 Å². The lowest BCUT2D eigenvalue weighted by Crippen LogP contribution is -2.09. The smallest absolute Gasteiger partial charge is 0.337 e. The molecule has 3 rings (SSSR count). The number of hydrogen-bond acceptors (Lipinski definition) is 6. The normalized spacial score (nSPS) is 10.4. The Hall–Kier alpha value is -3.12. The largest absolute Gasteiger partial charge is 0.465 e. The number of nitrogens with zero attached hydrogens (tertiary/aromatic N) is 2. The van der Waals surface area contributed by atoms with Crippen molar-refractivity contribution in [2.24, 2.45) is 0 Å². The first kappa shape index (κ1) is 19.6. The van der Waals surface area contributed by atoms with Gasteiger partial charge in [0.25, 0.3) is 0 Å². The highest BCUT2D eigenvalue weighted by atomic mass is 35.5. The second-order valence-electron chi connectivity index (χ2n) is 6.22. The van der Waals surface area contributed by atoms with E-state index in [0.717, 1.165) is 29.5 Å². The third-order valence-electron chi connectivity index (χ3n) is 4.03. The van der Waals surface area contributed by atoms with Gasteiger partial charge in [-0.3, -0.25) is 0 Å². The Labute approximate surface area is 168 Å². The highest BCUT2D eigenvalue weighted by Gasteiger charge is 2.07. The van der Waals surface area contributed by atoms with Crippen LogP contribution in [0.1, 0.15) is 21.6 Å². The molecule has 0 amide bonds. The number of carbonyl (C=O) groups excluding carboxylic acids is 1. The molecule has 0 unspecified atom stereocenters. The lowest BCUT2D eigenvalue weighted by Gasteiger charge is -2.11. The molecule has 1 heterocycles. The second-order valence-corrected chi connectivity index (χ2v) is 6.66. The standard InChI is InChI=1S/C21H21ClN4O2/c1-14-12-19(23-11-10-15-6-8-17(22)9-7-15)26-21(24-14)25-18-5-3-4-16(13-18)20(27)28-2/h3-9,12-13H,10-11H2,1-2H3,(H2,23,24,25,26). The molecule has 0 saturated heterocycles.